The molecule has 0 unspecified atom stereocenters. The molecule has 0 aliphatic rings. The Bertz CT molecular complexity index is 1120. The highest BCUT2D eigenvalue weighted by Gasteiger charge is 2.12. The van der Waals surface area contributed by atoms with E-state index in [0.29, 0.717) is 23.6 Å². The average molecular weight is 428 g/mol. The molecule has 1 amide bonds. The highest BCUT2D eigenvalue weighted by atomic mass is 32.2. The topological polar surface area (TPSA) is 129 Å². The molecule has 8 nitrogen and oxygen atoms in total. The first kappa shape index (κ1) is 21.3. The van der Waals surface area contributed by atoms with Gasteiger partial charge in [0.05, 0.1) is 11.3 Å². The van der Waals surface area contributed by atoms with Crippen molar-refractivity contribution in [2.45, 2.75) is 17.7 Å². The fourth-order valence-electron chi connectivity index (χ4n) is 2.64. The number of carbonyl (C=O) groups excluding carboxylic acids is 2. The number of benzene rings is 2. The van der Waals surface area contributed by atoms with Gasteiger partial charge in [0.15, 0.2) is 6.61 Å². The van der Waals surface area contributed by atoms with Gasteiger partial charge in [-0.3, -0.25) is 9.59 Å². The molecule has 0 bridgehead atoms. The Labute approximate surface area is 173 Å². The minimum Gasteiger partial charge on any atom is -0.461 e. The number of sulfonamides is 1. The second-order valence-corrected chi connectivity index (χ2v) is 7.97. The molecule has 0 aliphatic carbocycles. The van der Waals surface area contributed by atoms with Crippen LogP contribution in [0.4, 0.5) is 5.69 Å². The number of aryl methyl sites for hydroxylation is 1. The molecule has 3 rings (SSSR count). The molecule has 3 N–H and O–H groups in total. The van der Waals surface area contributed by atoms with Gasteiger partial charge in [-0.05, 0) is 36.4 Å². The Morgan fingerprint density at radius 2 is 1.67 bits per heavy atom. The third-order valence-corrected chi connectivity index (χ3v) is 5.06. The Hall–Kier alpha value is -3.43. The molecule has 156 valence electrons. The van der Waals surface area contributed by atoms with E-state index in [1.807, 2.05) is 36.4 Å². The zero-order valence-electron chi connectivity index (χ0n) is 15.9. The van der Waals surface area contributed by atoms with Gasteiger partial charge in [-0.25, -0.2) is 13.6 Å². The Kier molecular flexibility index (Phi) is 6.65. The molecule has 0 fully saturated rings. The molecule has 0 aliphatic heterocycles. The van der Waals surface area contributed by atoms with E-state index in [2.05, 4.69) is 5.32 Å². The maximum atomic E-state index is 11.9. The van der Waals surface area contributed by atoms with Crippen molar-refractivity contribution >= 4 is 27.6 Å². The molecule has 1 heterocycles. The average Bonchev–Trinajstić information content (AvgIpc) is 3.20. The van der Waals surface area contributed by atoms with Crippen molar-refractivity contribution in [3.8, 4) is 11.3 Å². The van der Waals surface area contributed by atoms with Gasteiger partial charge in [0, 0.05) is 17.7 Å². The number of nitrogens with two attached hydrogens (primary N) is 1. The van der Waals surface area contributed by atoms with Gasteiger partial charge < -0.3 is 14.5 Å². The van der Waals surface area contributed by atoms with Crippen LogP contribution >= 0.6 is 0 Å². The molecule has 0 spiro atoms. The van der Waals surface area contributed by atoms with E-state index in [1.54, 1.807) is 6.07 Å². The highest BCUT2D eigenvalue weighted by Crippen LogP contribution is 2.22. The SMILES string of the molecule is NS(=O)(=O)c1ccc(NC(=O)COC(=O)CCc2ccc(-c3ccccc3)o2)cc1. The molecule has 30 heavy (non-hydrogen) atoms. The maximum Gasteiger partial charge on any atom is 0.306 e. The summed E-state index contributed by atoms with van der Waals surface area (Å²) in [5.41, 5.74) is 1.30. The van der Waals surface area contributed by atoms with Gasteiger partial charge in [0.1, 0.15) is 11.5 Å². The number of nitrogens with one attached hydrogen (secondary N) is 1. The third-order valence-electron chi connectivity index (χ3n) is 4.13. The van der Waals surface area contributed by atoms with Crippen LogP contribution in [0.5, 0.6) is 0 Å². The lowest BCUT2D eigenvalue weighted by molar-refractivity contribution is -0.147. The fraction of sp³-hybridized carbons (Fsp3) is 0.143. The highest BCUT2D eigenvalue weighted by molar-refractivity contribution is 7.89. The number of amides is 1. The van der Waals surface area contributed by atoms with E-state index >= 15 is 0 Å². The first-order valence-electron chi connectivity index (χ1n) is 9.04. The summed E-state index contributed by atoms with van der Waals surface area (Å²) in [6.45, 7) is -0.455. The summed E-state index contributed by atoms with van der Waals surface area (Å²) in [5.74, 6) is 0.278. The van der Waals surface area contributed by atoms with E-state index in [0.717, 1.165) is 5.56 Å². The van der Waals surface area contributed by atoms with Gasteiger partial charge >= 0.3 is 5.97 Å². The smallest absolute Gasteiger partial charge is 0.306 e. The van der Waals surface area contributed by atoms with Gasteiger partial charge in [0.2, 0.25) is 10.0 Å². The van der Waals surface area contributed by atoms with Crippen molar-refractivity contribution in [1.82, 2.24) is 0 Å². The molecule has 1 aromatic heterocycles. The summed E-state index contributed by atoms with van der Waals surface area (Å²) in [4.78, 5) is 23.7. The zero-order valence-corrected chi connectivity index (χ0v) is 16.7. The molecule has 2 aromatic carbocycles. The van der Waals surface area contributed by atoms with E-state index in [1.165, 1.54) is 24.3 Å². The van der Waals surface area contributed by atoms with Crippen LogP contribution in [0.2, 0.25) is 0 Å². The van der Waals surface area contributed by atoms with Crippen molar-refractivity contribution in [1.29, 1.82) is 0 Å². The predicted octanol–water partition coefficient (Wildman–Crippen LogP) is 2.71. The minimum atomic E-state index is -3.80. The van der Waals surface area contributed by atoms with Gasteiger partial charge in [0.25, 0.3) is 5.91 Å². The van der Waals surface area contributed by atoms with Crippen molar-refractivity contribution in [3.63, 3.8) is 0 Å². The molecule has 0 saturated carbocycles. The maximum absolute atomic E-state index is 11.9. The van der Waals surface area contributed by atoms with Crippen LogP contribution in [0.15, 0.2) is 76.0 Å². The number of anilines is 1. The van der Waals surface area contributed by atoms with E-state index in [-0.39, 0.29) is 11.3 Å². The van der Waals surface area contributed by atoms with Crippen LogP contribution in [0.25, 0.3) is 11.3 Å². The number of esters is 1. The second kappa shape index (κ2) is 9.38. The standard InChI is InChI=1S/C21H20N2O6S/c22-30(26,27)18-10-6-16(7-11-18)23-20(24)14-28-21(25)13-9-17-8-12-19(29-17)15-4-2-1-3-5-15/h1-8,10-12H,9,13-14H2,(H,23,24)(H2,22,26,27). The van der Waals surface area contributed by atoms with E-state index in [9.17, 15) is 18.0 Å². The number of ether oxygens (including phenoxy) is 1. The van der Waals surface area contributed by atoms with E-state index < -0.39 is 28.5 Å². The van der Waals surface area contributed by atoms with Crippen LogP contribution in [0.3, 0.4) is 0 Å². The lowest BCUT2D eigenvalue weighted by Crippen LogP contribution is -2.21. The quantitative estimate of drug-likeness (QED) is 0.531. The number of furan rings is 1. The molecule has 0 saturated heterocycles. The first-order valence-corrected chi connectivity index (χ1v) is 10.6. The fourth-order valence-corrected chi connectivity index (χ4v) is 3.15. The Balaban J connectivity index is 1.42. The number of primary sulfonamides is 1. The number of rotatable bonds is 8. The van der Waals surface area contributed by atoms with Crippen LogP contribution in [0.1, 0.15) is 12.2 Å². The molecule has 3 aromatic rings. The minimum absolute atomic E-state index is 0.0675. The van der Waals surface area contributed by atoms with E-state index in [4.69, 9.17) is 14.3 Å². The van der Waals surface area contributed by atoms with Crippen LogP contribution in [-0.2, 0) is 30.8 Å². The normalized spacial score (nSPS) is 11.1. The third kappa shape index (κ3) is 6.03. The summed E-state index contributed by atoms with van der Waals surface area (Å²) in [7, 11) is -3.80. The summed E-state index contributed by atoms with van der Waals surface area (Å²) in [5, 5.41) is 7.51. The van der Waals surface area contributed by atoms with Gasteiger partial charge in [-0.2, -0.15) is 0 Å². The largest absolute Gasteiger partial charge is 0.461 e. The summed E-state index contributed by atoms with van der Waals surface area (Å²) in [6, 6.07) is 18.5. The summed E-state index contributed by atoms with van der Waals surface area (Å²) >= 11 is 0. The van der Waals surface area contributed by atoms with Gasteiger partial charge in [-0.1, -0.05) is 30.3 Å². The van der Waals surface area contributed by atoms with Crippen LogP contribution in [0, 0.1) is 0 Å². The number of hydrogen-bond donors (Lipinski definition) is 2. The number of hydrogen-bond acceptors (Lipinski definition) is 6. The molecule has 9 heteroatoms. The Morgan fingerprint density at radius 1 is 0.967 bits per heavy atom. The summed E-state index contributed by atoms with van der Waals surface area (Å²) in [6.07, 6.45) is 0.417. The van der Waals surface area contributed by atoms with Crippen LogP contribution in [-0.4, -0.2) is 26.9 Å². The zero-order chi connectivity index (χ0) is 21.6. The molecular weight excluding hydrogens is 408 g/mol. The Morgan fingerprint density at radius 3 is 2.33 bits per heavy atom. The predicted molar refractivity (Wildman–Crippen MR) is 110 cm³/mol. The summed E-state index contributed by atoms with van der Waals surface area (Å²) < 4.78 is 33.1. The molecule has 0 radical (unpaired) electrons. The molecule has 0 atom stereocenters. The van der Waals surface area contributed by atoms with Crippen molar-refractivity contribution < 1.29 is 27.2 Å². The lowest BCUT2D eigenvalue weighted by atomic mass is 10.2. The van der Waals surface area contributed by atoms with Crippen molar-refractivity contribution in [3.05, 3.63) is 72.5 Å². The monoisotopic (exact) mass is 428 g/mol. The second-order valence-electron chi connectivity index (χ2n) is 6.41. The van der Waals surface area contributed by atoms with Gasteiger partial charge in [-0.15, -0.1) is 0 Å². The lowest BCUT2D eigenvalue weighted by Gasteiger charge is -2.07. The molecular formula is C21H20N2O6S. The number of carbonyl (C=O) groups is 2. The van der Waals surface area contributed by atoms with Crippen LogP contribution < -0.4 is 10.5 Å². The first-order chi connectivity index (χ1) is 14.3. The van der Waals surface area contributed by atoms with Crippen molar-refractivity contribution in [2.24, 2.45) is 5.14 Å². The van der Waals surface area contributed by atoms with Crippen molar-refractivity contribution in [2.75, 3.05) is 11.9 Å².